The van der Waals surface area contributed by atoms with Gasteiger partial charge >= 0.3 is 0 Å². The number of nitrogens with one attached hydrogen (secondary N) is 2. The molecule has 3 nitrogen and oxygen atoms in total. The summed E-state index contributed by atoms with van der Waals surface area (Å²) in [5.74, 6) is -0.249. The number of hydrogen-bond acceptors (Lipinski definition) is 2. The fourth-order valence-corrected chi connectivity index (χ4v) is 2.22. The maximum absolute atomic E-state index is 11.8. The highest BCUT2D eigenvalue weighted by Crippen LogP contribution is 2.10. The van der Waals surface area contributed by atoms with E-state index in [4.69, 9.17) is 12.2 Å². The van der Waals surface area contributed by atoms with Gasteiger partial charge in [-0.25, -0.2) is 0 Å². The van der Waals surface area contributed by atoms with Gasteiger partial charge in [0.05, 0.1) is 6.04 Å². The molecule has 22 heavy (non-hydrogen) atoms. The van der Waals surface area contributed by atoms with Gasteiger partial charge in [0.15, 0.2) is 5.11 Å². The Hall–Kier alpha value is -2.46. The Labute approximate surface area is 136 Å². The summed E-state index contributed by atoms with van der Waals surface area (Å²) in [5, 5.41) is 6.05. The average Bonchev–Trinajstić information content (AvgIpc) is 2.54. The lowest BCUT2D eigenvalue weighted by Gasteiger charge is -2.16. The molecular formula is C18H18N2OS. The van der Waals surface area contributed by atoms with Crippen molar-refractivity contribution in [2.75, 3.05) is 0 Å². The lowest BCUT2D eigenvalue weighted by molar-refractivity contribution is -0.115. The molecule has 1 atom stereocenters. The minimum absolute atomic E-state index is 0.0344. The zero-order valence-corrected chi connectivity index (χ0v) is 13.1. The zero-order valence-electron chi connectivity index (χ0n) is 12.3. The number of benzene rings is 2. The predicted octanol–water partition coefficient (Wildman–Crippen LogP) is 3.45. The van der Waals surface area contributed by atoms with Crippen LogP contribution in [0, 0.1) is 0 Å². The molecule has 2 aromatic rings. The van der Waals surface area contributed by atoms with E-state index in [0.717, 1.165) is 11.1 Å². The molecule has 0 aromatic heterocycles. The monoisotopic (exact) mass is 310 g/mol. The Balaban J connectivity index is 1.84. The molecule has 2 aromatic carbocycles. The summed E-state index contributed by atoms with van der Waals surface area (Å²) < 4.78 is 0. The van der Waals surface area contributed by atoms with E-state index in [9.17, 15) is 4.79 Å². The van der Waals surface area contributed by atoms with Crippen LogP contribution in [0.25, 0.3) is 6.08 Å². The van der Waals surface area contributed by atoms with Crippen molar-refractivity contribution in [3.63, 3.8) is 0 Å². The van der Waals surface area contributed by atoms with E-state index < -0.39 is 0 Å². The Bertz CT molecular complexity index is 653. The Kier molecular flexibility index (Phi) is 5.86. The SMILES string of the molecule is CC(NC(=S)NC(=O)C=Cc1ccccc1)c1ccccc1. The van der Waals surface area contributed by atoms with E-state index in [1.54, 1.807) is 6.08 Å². The largest absolute Gasteiger partial charge is 0.356 e. The van der Waals surface area contributed by atoms with Crippen LogP contribution >= 0.6 is 12.2 Å². The summed E-state index contributed by atoms with van der Waals surface area (Å²) in [5.41, 5.74) is 2.08. The number of carbonyl (C=O) groups is 1. The number of hydrogen-bond donors (Lipinski definition) is 2. The second-order valence-corrected chi connectivity index (χ2v) is 5.25. The highest BCUT2D eigenvalue weighted by atomic mass is 32.1. The van der Waals surface area contributed by atoms with Crippen LogP contribution < -0.4 is 10.6 Å². The summed E-state index contributed by atoms with van der Waals surface area (Å²) in [6, 6.07) is 19.6. The fraction of sp³-hybridized carbons (Fsp3) is 0.111. The third kappa shape index (κ3) is 5.14. The topological polar surface area (TPSA) is 41.1 Å². The first-order valence-corrected chi connectivity index (χ1v) is 7.45. The number of rotatable bonds is 4. The van der Waals surface area contributed by atoms with Gasteiger partial charge in [0.2, 0.25) is 5.91 Å². The van der Waals surface area contributed by atoms with Crippen LogP contribution in [0.3, 0.4) is 0 Å². The van der Waals surface area contributed by atoms with Crippen molar-refractivity contribution in [1.82, 2.24) is 10.6 Å². The van der Waals surface area contributed by atoms with E-state index in [1.807, 2.05) is 67.6 Å². The van der Waals surface area contributed by atoms with Crippen LogP contribution in [-0.2, 0) is 4.79 Å². The van der Waals surface area contributed by atoms with Crippen LogP contribution in [0.1, 0.15) is 24.1 Å². The van der Waals surface area contributed by atoms with E-state index in [-0.39, 0.29) is 11.9 Å². The van der Waals surface area contributed by atoms with Gasteiger partial charge in [-0.05, 0) is 36.3 Å². The van der Waals surface area contributed by atoms with Crippen LogP contribution in [0.4, 0.5) is 0 Å². The number of amides is 1. The van der Waals surface area contributed by atoms with Gasteiger partial charge in [0.25, 0.3) is 0 Å². The minimum atomic E-state index is -0.249. The second kappa shape index (κ2) is 8.10. The van der Waals surface area contributed by atoms with Crippen molar-refractivity contribution in [1.29, 1.82) is 0 Å². The van der Waals surface area contributed by atoms with Crippen LogP contribution in [0.2, 0.25) is 0 Å². The van der Waals surface area contributed by atoms with Gasteiger partial charge in [-0.1, -0.05) is 60.7 Å². The van der Waals surface area contributed by atoms with Crippen molar-refractivity contribution in [3.8, 4) is 0 Å². The van der Waals surface area contributed by atoms with Crippen molar-refractivity contribution >= 4 is 29.3 Å². The molecule has 0 spiro atoms. The molecule has 0 bridgehead atoms. The number of carbonyl (C=O) groups excluding carboxylic acids is 1. The maximum atomic E-state index is 11.8. The van der Waals surface area contributed by atoms with Crippen LogP contribution in [0.15, 0.2) is 66.7 Å². The molecule has 1 amide bonds. The maximum Gasteiger partial charge on any atom is 0.250 e. The highest BCUT2D eigenvalue weighted by Gasteiger charge is 2.07. The summed E-state index contributed by atoms with van der Waals surface area (Å²) in [6.07, 6.45) is 3.22. The van der Waals surface area contributed by atoms with Crippen LogP contribution in [-0.4, -0.2) is 11.0 Å². The van der Waals surface area contributed by atoms with Gasteiger partial charge < -0.3 is 5.32 Å². The smallest absolute Gasteiger partial charge is 0.250 e. The number of thiocarbonyl (C=S) groups is 1. The molecular weight excluding hydrogens is 292 g/mol. The molecule has 2 N–H and O–H groups in total. The first-order chi connectivity index (χ1) is 10.6. The lowest BCUT2D eigenvalue weighted by Crippen LogP contribution is -2.39. The molecule has 0 saturated heterocycles. The highest BCUT2D eigenvalue weighted by molar-refractivity contribution is 7.80. The van der Waals surface area contributed by atoms with Gasteiger partial charge in [-0.15, -0.1) is 0 Å². The Morgan fingerprint density at radius 2 is 1.64 bits per heavy atom. The predicted molar refractivity (Wildman–Crippen MR) is 94.2 cm³/mol. The Morgan fingerprint density at radius 3 is 2.27 bits per heavy atom. The molecule has 0 heterocycles. The van der Waals surface area contributed by atoms with Gasteiger partial charge in [-0.3, -0.25) is 10.1 Å². The van der Waals surface area contributed by atoms with Gasteiger partial charge in [0, 0.05) is 6.08 Å². The lowest BCUT2D eigenvalue weighted by atomic mass is 10.1. The molecule has 0 fully saturated rings. The normalized spacial score (nSPS) is 11.9. The van der Waals surface area contributed by atoms with Crippen LogP contribution in [0.5, 0.6) is 0 Å². The molecule has 0 aliphatic carbocycles. The second-order valence-electron chi connectivity index (χ2n) is 4.84. The zero-order chi connectivity index (χ0) is 15.8. The molecule has 0 saturated carbocycles. The molecule has 112 valence electrons. The van der Waals surface area contributed by atoms with Gasteiger partial charge in [-0.2, -0.15) is 0 Å². The fourth-order valence-electron chi connectivity index (χ4n) is 1.95. The molecule has 0 aliphatic rings. The molecule has 2 rings (SSSR count). The molecule has 0 aliphatic heterocycles. The van der Waals surface area contributed by atoms with E-state index in [2.05, 4.69) is 10.6 Å². The van der Waals surface area contributed by atoms with Crippen molar-refractivity contribution < 1.29 is 4.79 Å². The summed E-state index contributed by atoms with van der Waals surface area (Å²) >= 11 is 5.16. The molecule has 4 heteroatoms. The summed E-state index contributed by atoms with van der Waals surface area (Å²) in [4.78, 5) is 11.8. The summed E-state index contributed by atoms with van der Waals surface area (Å²) in [6.45, 7) is 1.99. The first kappa shape index (κ1) is 15.9. The third-order valence-corrected chi connectivity index (χ3v) is 3.33. The van der Waals surface area contributed by atoms with Gasteiger partial charge in [0.1, 0.15) is 0 Å². The standard InChI is InChI=1S/C18H18N2OS/c1-14(16-10-6-3-7-11-16)19-18(22)20-17(21)13-12-15-8-4-2-5-9-15/h2-14H,1H3,(H2,19,20,21,22). The summed E-state index contributed by atoms with van der Waals surface area (Å²) in [7, 11) is 0. The Morgan fingerprint density at radius 1 is 1.05 bits per heavy atom. The van der Waals surface area contributed by atoms with E-state index in [1.165, 1.54) is 6.08 Å². The molecule has 1 unspecified atom stereocenters. The quantitative estimate of drug-likeness (QED) is 0.671. The van der Waals surface area contributed by atoms with E-state index in [0.29, 0.717) is 5.11 Å². The van der Waals surface area contributed by atoms with Crippen molar-refractivity contribution in [3.05, 3.63) is 77.9 Å². The van der Waals surface area contributed by atoms with Crippen molar-refractivity contribution in [2.45, 2.75) is 13.0 Å². The molecule has 0 radical (unpaired) electrons. The average molecular weight is 310 g/mol. The minimum Gasteiger partial charge on any atom is -0.356 e. The van der Waals surface area contributed by atoms with E-state index >= 15 is 0 Å². The first-order valence-electron chi connectivity index (χ1n) is 7.04. The van der Waals surface area contributed by atoms with Crippen molar-refractivity contribution in [2.24, 2.45) is 0 Å². The third-order valence-electron chi connectivity index (χ3n) is 3.11.